The van der Waals surface area contributed by atoms with Gasteiger partial charge in [0.1, 0.15) is 18.4 Å². The van der Waals surface area contributed by atoms with Gasteiger partial charge in [-0.15, -0.1) is 0 Å². The molecule has 3 aromatic rings. The van der Waals surface area contributed by atoms with Crippen LogP contribution in [0.2, 0.25) is 0 Å². The molecule has 0 bridgehead atoms. The summed E-state index contributed by atoms with van der Waals surface area (Å²) in [6.45, 7) is 9.91. The maximum absolute atomic E-state index is 13.4. The minimum Gasteiger partial charge on any atom is -0.490 e. The summed E-state index contributed by atoms with van der Waals surface area (Å²) in [5.74, 6) is 0.518. The fourth-order valence-corrected chi connectivity index (χ4v) is 4.24. The molecule has 0 aromatic heterocycles. The van der Waals surface area contributed by atoms with Crippen LogP contribution in [0.25, 0.3) is 10.8 Å². The van der Waals surface area contributed by atoms with Crippen molar-refractivity contribution in [1.29, 1.82) is 5.26 Å². The number of para-hydroxylation sites is 1. The van der Waals surface area contributed by atoms with Gasteiger partial charge < -0.3 is 20.3 Å². The predicted octanol–water partition coefficient (Wildman–Crippen LogP) is 4.09. The van der Waals surface area contributed by atoms with Crippen molar-refractivity contribution in [1.82, 2.24) is 15.1 Å². The van der Waals surface area contributed by atoms with Crippen molar-refractivity contribution in [2.45, 2.75) is 0 Å². The second kappa shape index (κ2) is 12.0. The third kappa shape index (κ3) is 6.60. The van der Waals surface area contributed by atoms with Gasteiger partial charge in [-0.05, 0) is 29.2 Å². The number of amides is 2. The zero-order valence-corrected chi connectivity index (χ0v) is 19.9. The van der Waals surface area contributed by atoms with Crippen LogP contribution < -0.4 is 15.4 Å². The summed E-state index contributed by atoms with van der Waals surface area (Å²) in [5.41, 5.74) is 2.21. The molecule has 1 saturated heterocycles. The number of anilines is 1. The number of fused-ring (bicyclic) bond motifs is 1. The molecule has 0 aliphatic carbocycles. The minimum atomic E-state index is -0.208. The molecular formula is C28H31N5O2. The van der Waals surface area contributed by atoms with E-state index in [-0.39, 0.29) is 12.6 Å². The standard InChI is InChI=1S/C28H31N5O2/c1-22(20-32-15-13-30-14-16-32)21-33(17-18-35-27-12-5-3-8-24(27)19-29)28(34)31-26-11-6-9-23-7-2-4-10-25(23)26/h2-12,30H,1,13-18,20-21H2,(H,31,34). The smallest absolute Gasteiger partial charge is 0.322 e. The number of nitrogens with one attached hydrogen (secondary N) is 2. The van der Waals surface area contributed by atoms with Crippen LogP contribution in [0.4, 0.5) is 10.5 Å². The molecule has 1 aliphatic rings. The highest BCUT2D eigenvalue weighted by molar-refractivity contribution is 6.01. The van der Waals surface area contributed by atoms with Gasteiger partial charge in [-0.2, -0.15) is 5.26 Å². The predicted molar refractivity (Wildman–Crippen MR) is 140 cm³/mol. The molecule has 1 fully saturated rings. The number of nitriles is 1. The summed E-state index contributed by atoms with van der Waals surface area (Å²) >= 11 is 0. The second-order valence-electron chi connectivity index (χ2n) is 8.61. The van der Waals surface area contributed by atoms with Gasteiger partial charge in [0.15, 0.2) is 0 Å². The van der Waals surface area contributed by atoms with Crippen molar-refractivity contribution < 1.29 is 9.53 Å². The van der Waals surface area contributed by atoms with E-state index in [1.165, 1.54) is 0 Å². The van der Waals surface area contributed by atoms with Crippen molar-refractivity contribution >= 4 is 22.5 Å². The molecule has 0 unspecified atom stereocenters. The molecule has 0 spiro atoms. The molecule has 1 aliphatic heterocycles. The maximum Gasteiger partial charge on any atom is 0.322 e. The van der Waals surface area contributed by atoms with E-state index in [1.807, 2.05) is 48.5 Å². The van der Waals surface area contributed by atoms with Gasteiger partial charge in [0.05, 0.1) is 17.8 Å². The van der Waals surface area contributed by atoms with Crippen LogP contribution in [-0.2, 0) is 0 Å². The lowest BCUT2D eigenvalue weighted by Crippen LogP contribution is -2.45. The van der Waals surface area contributed by atoms with Crippen LogP contribution in [0.5, 0.6) is 5.75 Å². The van der Waals surface area contributed by atoms with E-state index in [2.05, 4.69) is 28.2 Å². The number of hydrogen-bond acceptors (Lipinski definition) is 5. The molecular weight excluding hydrogens is 438 g/mol. The van der Waals surface area contributed by atoms with Crippen molar-refractivity contribution in [2.75, 3.05) is 57.7 Å². The van der Waals surface area contributed by atoms with Crippen LogP contribution in [0.15, 0.2) is 78.9 Å². The van der Waals surface area contributed by atoms with Crippen LogP contribution in [0.3, 0.4) is 0 Å². The highest BCUT2D eigenvalue weighted by Crippen LogP contribution is 2.23. The van der Waals surface area contributed by atoms with E-state index >= 15 is 0 Å². The molecule has 2 N–H and O–H groups in total. The molecule has 1 heterocycles. The number of piperazine rings is 1. The number of rotatable bonds is 9. The van der Waals surface area contributed by atoms with E-state index in [0.717, 1.165) is 54.8 Å². The van der Waals surface area contributed by atoms with Crippen LogP contribution in [0.1, 0.15) is 5.56 Å². The molecule has 35 heavy (non-hydrogen) atoms. The number of nitrogens with zero attached hydrogens (tertiary/aromatic N) is 3. The van der Waals surface area contributed by atoms with Crippen molar-refractivity contribution in [3.8, 4) is 11.8 Å². The lowest BCUT2D eigenvalue weighted by Gasteiger charge is -2.30. The minimum absolute atomic E-state index is 0.208. The Bertz CT molecular complexity index is 1210. The van der Waals surface area contributed by atoms with Gasteiger partial charge >= 0.3 is 6.03 Å². The lowest BCUT2D eigenvalue weighted by molar-refractivity contribution is 0.196. The zero-order chi connectivity index (χ0) is 24.5. The van der Waals surface area contributed by atoms with Gasteiger partial charge in [0.25, 0.3) is 0 Å². The molecule has 3 aromatic carbocycles. The molecule has 0 radical (unpaired) electrons. The third-order valence-corrected chi connectivity index (χ3v) is 6.02. The van der Waals surface area contributed by atoms with E-state index in [4.69, 9.17) is 4.74 Å². The fourth-order valence-electron chi connectivity index (χ4n) is 4.24. The van der Waals surface area contributed by atoms with Crippen LogP contribution in [0, 0.1) is 11.3 Å². The number of carbonyl (C=O) groups is 1. The van der Waals surface area contributed by atoms with E-state index < -0.39 is 0 Å². The summed E-state index contributed by atoms with van der Waals surface area (Å²) in [6, 6.07) is 22.9. The third-order valence-electron chi connectivity index (χ3n) is 6.02. The normalized spacial score (nSPS) is 13.7. The SMILES string of the molecule is C=C(CN1CCNCC1)CN(CCOc1ccccc1C#N)C(=O)Nc1cccc2ccccc12. The molecule has 7 heteroatoms. The van der Waals surface area contributed by atoms with E-state index in [0.29, 0.717) is 24.4 Å². The van der Waals surface area contributed by atoms with E-state index in [1.54, 1.807) is 23.1 Å². The van der Waals surface area contributed by atoms with Crippen molar-refractivity contribution in [3.05, 3.63) is 84.4 Å². The molecule has 2 amide bonds. The first-order valence-corrected chi connectivity index (χ1v) is 11.9. The average molecular weight is 470 g/mol. The Labute approximate surface area is 206 Å². The van der Waals surface area contributed by atoms with Gasteiger partial charge in [0, 0.05) is 44.7 Å². The number of hydrogen-bond donors (Lipinski definition) is 2. The first kappa shape index (κ1) is 24.3. The molecule has 180 valence electrons. The number of urea groups is 1. The topological polar surface area (TPSA) is 80.6 Å². The number of ether oxygens (including phenoxy) is 1. The summed E-state index contributed by atoms with van der Waals surface area (Å²) in [4.78, 5) is 17.5. The summed E-state index contributed by atoms with van der Waals surface area (Å²) in [7, 11) is 0. The van der Waals surface area contributed by atoms with Gasteiger partial charge in [0.2, 0.25) is 0 Å². The van der Waals surface area contributed by atoms with Crippen LogP contribution >= 0.6 is 0 Å². The Morgan fingerprint density at radius 3 is 2.66 bits per heavy atom. The summed E-state index contributed by atoms with van der Waals surface area (Å²) < 4.78 is 5.87. The first-order chi connectivity index (χ1) is 17.1. The lowest BCUT2D eigenvalue weighted by atomic mass is 10.1. The highest BCUT2D eigenvalue weighted by atomic mass is 16.5. The molecule has 4 rings (SSSR count). The van der Waals surface area contributed by atoms with Crippen molar-refractivity contribution in [3.63, 3.8) is 0 Å². The Kier molecular flexibility index (Phi) is 8.34. The summed E-state index contributed by atoms with van der Waals surface area (Å²) in [5, 5.41) is 17.8. The number of carbonyl (C=O) groups excluding carboxylic acids is 1. The first-order valence-electron chi connectivity index (χ1n) is 11.9. The summed E-state index contributed by atoms with van der Waals surface area (Å²) in [6.07, 6.45) is 0. The highest BCUT2D eigenvalue weighted by Gasteiger charge is 2.18. The van der Waals surface area contributed by atoms with Gasteiger partial charge in [-0.1, -0.05) is 55.1 Å². The molecule has 0 saturated carbocycles. The Morgan fingerprint density at radius 1 is 1.09 bits per heavy atom. The quantitative estimate of drug-likeness (QED) is 0.462. The van der Waals surface area contributed by atoms with E-state index in [9.17, 15) is 10.1 Å². The molecule has 7 nitrogen and oxygen atoms in total. The maximum atomic E-state index is 13.4. The largest absolute Gasteiger partial charge is 0.490 e. The fraction of sp³-hybridized carbons (Fsp3) is 0.286. The van der Waals surface area contributed by atoms with Gasteiger partial charge in [-0.25, -0.2) is 4.79 Å². The Balaban J connectivity index is 1.45. The molecule has 0 atom stereocenters. The number of benzene rings is 3. The van der Waals surface area contributed by atoms with Crippen molar-refractivity contribution in [2.24, 2.45) is 0 Å². The monoisotopic (exact) mass is 469 g/mol. The average Bonchev–Trinajstić information content (AvgIpc) is 2.89. The second-order valence-corrected chi connectivity index (χ2v) is 8.61. The van der Waals surface area contributed by atoms with Gasteiger partial charge in [-0.3, -0.25) is 4.90 Å². The Morgan fingerprint density at radius 2 is 1.83 bits per heavy atom. The van der Waals surface area contributed by atoms with Crippen LogP contribution in [-0.4, -0.2) is 68.3 Å². The zero-order valence-electron chi connectivity index (χ0n) is 19.9. The Hall–Kier alpha value is -3.86.